The van der Waals surface area contributed by atoms with Gasteiger partial charge in [-0.3, -0.25) is 0 Å². The van der Waals surface area contributed by atoms with Gasteiger partial charge in [0.25, 0.3) is 0 Å². The smallest absolute Gasteiger partial charge is 0.126 e. The number of hydrogen-bond donors (Lipinski definition) is 0. The quantitative estimate of drug-likeness (QED) is 0.422. The van der Waals surface area contributed by atoms with Crippen molar-refractivity contribution in [3.05, 3.63) is 53.1 Å². The standard InChI is InChI=1S/C21H28F2/c1-2-3-4-5-6-7-8-9-17-10-12-18(13-11-17)19-14-20(22)16-21(23)15-19/h10,12,14-16H,2-9,11,13H2,1H3. The Hall–Kier alpha value is -1.44. The number of rotatable bonds is 9. The summed E-state index contributed by atoms with van der Waals surface area (Å²) in [4.78, 5) is 0. The van der Waals surface area contributed by atoms with Crippen LogP contribution >= 0.6 is 0 Å². The molecule has 0 aromatic heterocycles. The minimum absolute atomic E-state index is 0.501. The van der Waals surface area contributed by atoms with E-state index in [4.69, 9.17) is 0 Å². The fraction of sp³-hybridized carbons (Fsp3) is 0.524. The van der Waals surface area contributed by atoms with Crippen LogP contribution in [-0.4, -0.2) is 0 Å². The van der Waals surface area contributed by atoms with Crippen molar-refractivity contribution in [2.75, 3.05) is 0 Å². The van der Waals surface area contributed by atoms with Crippen LogP contribution in [0.25, 0.3) is 5.57 Å². The Morgan fingerprint density at radius 2 is 1.43 bits per heavy atom. The fourth-order valence-electron chi connectivity index (χ4n) is 3.18. The van der Waals surface area contributed by atoms with Crippen LogP contribution in [0.15, 0.2) is 35.9 Å². The summed E-state index contributed by atoms with van der Waals surface area (Å²) in [6.45, 7) is 2.25. The van der Waals surface area contributed by atoms with Gasteiger partial charge in [0.15, 0.2) is 0 Å². The molecule has 0 atom stereocenters. The largest absolute Gasteiger partial charge is 0.207 e. The Morgan fingerprint density at radius 3 is 2.04 bits per heavy atom. The van der Waals surface area contributed by atoms with Crippen molar-refractivity contribution in [3.8, 4) is 0 Å². The van der Waals surface area contributed by atoms with Gasteiger partial charge in [-0.15, -0.1) is 0 Å². The van der Waals surface area contributed by atoms with Crippen molar-refractivity contribution in [1.29, 1.82) is 0 Å². The second-order valence-corrected chi connectivity index (χ2v) is 6.55. The Labute approximate surface area is 139 Å². The molecule has 0 heterocycles. The van der Waals surface area contributed by atoms with Crippen LogP contribution in [-0.2, 0) is 0 Å². The van der Waals surface area contributed by atoms with Crippen molar-refractivity contribution in [1.82, 2.24) is 0 Å². The topological polar surface area (TPSA) is 0 Å². The second kappa shape index (κ2) is 9.64. The minimum Gasteiger partial charge on any atom is -0.207 e. The Morgan fingerprint density at radius 1 is 0.783 bits per heavy atom. The van der Waals surface area contributed by atoms with E-state index in [1.807, 2.05) is 6.08 Å². The van der Waals surface area contributed by atoms with Gasteiger partial charge in [0.05, 0.1) is 0 Å². The molecular weight excluding hydrogens is 290 g/mol. The maximum Gasteiger partial charge on any atom is 0.126 e. The molecule has 1 aromatic carbocycles. The molecule has 1 aliphatic carbocycles. The van der Waals surface area contributed by atoms with E-state index in [1.165, 1.54) is 62.7 Å². The lowest BCUT2D eigenvalue weighted by Crippen LogP contribution is -1.96. The van der Waals surface area contributed by atoms with Crippen LogP contribution in [0.3, 0.4) is 0 Å². The third-order valence-corrected chi connectivity index (χ3v) is 4.57. The number of unbranched alkanes of at least 4 members (excludes halogenated alkanes) is 6. The number of halogens is 2. The first-order chi connectivity index (χ1) is 11.2. The van der Waals surface area contributed by atoms with E-state index in [1.54, 1.807) is 0 Å². The molecule has 126 valence electrons. The highest BCUT2D eigenvalue weighted by atomic mass is 19.1. The monoisotopic (exact) mass is 318 g/mol. The molecule has 0 N–H and O–H groups in total. The van der Waals surface area contributed by atoms with E-state index in [2.05, 4.69) is 13.0 Å². The SMILES string of the molecule is CCCCCCCCCC1=CC=C(c2cc(F)cc(F)c2)CC1. The third kappa shape index (κ3) is 6.29. The average molecular weight is 318 g/mol. The molecule has 0 aliphatic heterocycles. The molecule has 0 radical (unpaired) electrons. The van der Waals surface area contributed by atoms with Crippen molar-refractivity contribution >= 4 is 5.57 Å². The second-order valence-electron chi connectivity index (χ2n) is 6.55. The first kappa shape index (κ1) is 17.9. The summed E-state index contributed by atoms with van der Waals surface area (Å²) < 4.78 is 26.6. The number of benzene rings is 1. The maximum atomic E-state index is 13.3. The highest BCUT2D eigenvalue weighted by Gasteiger charge is 2.10. The van der Waals surface area contributed by atoms with Crippen LogP contribution in [0, 0.1) is 11.6 Å². The van der Waals surface area contributed by atoms with Crippen LogP contribution in [0.2, 0.25) is 0 Å². The van der Waals surface area contributed by atoms with Gasteiger partial charge in [0.2, 0.25) is 0 Å². The molecule has 0 fully saturated rings. The van der Waals surface area contributed by atoms with Gasteiger partial charge in [-0.05, 0) is 49.0 Å². The zero-order valence-electron chi connectivity index (χ0n) is 14.2. The molecule has 0 bridgehead atoms. The lowest BCUT2D eigenvalue weighted by molar-refractivity contribution is 0.582. The van der Waals surface area contributed by atoms with E-state index < -0.39 is 11.6 Å². The molecule has 23 heavy (non-hydrogen) atoms. The van der Waals surface area contributed by atoms with Crippen LogP contribution in [0.5, 0.6) is 0 Å². The van der Waals surface area contributed by atoms with E-state index in [0.717, 1.165) is 30.9 Å². The van der Waals surface area contributed by atoms with Crippen LogP contribution < -0.4 is 0 Å². The number of allylic oxidation sites excluding steroid dienone is 4. The predicted molar refractivity (Wildman–Crippen MR) is 94.3 cm³/mol. The van der Waals surface area contributed by atoms with Gasteiger partial charge in [-0.1, -0.05) is 63.2 Å². The third-order valence-electron chi connectivity index (χ3n) is 4.57. The number of hydrogen-bond acceptors (Lipinski definition) is 0. The Balaban J connectivity index is 1.77. The Bertz CT molecular complexity index is 535. The summed E-state index contributed by atoms with van der Waals surface area (Å²) in [5, 5.41) is 0. The van der Waals surface area contributed by atoms with Gasteiger partial charge >= 0.3 is 0 Å². The van der Waals surface area contributed by atoms with E-state index in [9.17, 15) is 8.78 Å². The summed E-state index contributed by atoms with van der Waals surface area (Å²) in [5.41, 5.74) is 3.18. The van der Waals surface area contributed by atoms with Gasteiger partial charge in [0.1, 0.15) is 11.6 Å². The highest BCUT2D eigenvalue weighted by Crippen LogP contribution is 2.29. The predicted octanol–water partition coefficient (Wildman–Crippen LogP) is 7.21. The molecule has 0 amide bonds. The summed E-state index contributed by atoms with van der Waals surface area (Å²) >= 11 is 0. The average Bonchev–Trinajstić information content (AvgIpc) is 2.54. The van der Waals surface area contributed by atoms with Gasteiger partial charge in [-0.25, -0.2) is 8.78 Å². The first-order valence-electron chi connectivity index (χ1n) is 9.04. The fourth-order valence-corrected chi connectivity index (χ4v) is 3.18. The summed E-state index contributed by atoms with van der Waals surface area (Å²) in [6.07, 6.45) is 16.6. The zero-order chi connectivity index (χ0) is 16.5. The molecule has 2 rings (SSSR count). The first-order valence-corrected chi connectivity index (χ1v) is 9.04. The molecule has 2 heteroatoms. The van der Waals surface area contributed by atoms with Gasteiger partial charge in [-0.2, -0.15) is 0 Å². The van der Waals surface area contributed by atoms with E-state index in [0.29, 0.717) is 5.56 Å². The molecule has 1 aromatic rings. The van der Waals surface area contributed by atoms with Crippen LogP contribution in [0.1, 0.15) is 76.7 Å². The van der Waals surface area contributed by atoms with Crippen LogP contribution in [0.4, 0.5) is 8.78 Å². The van der Waals surface area contributed by atoms with Crippen molar-refractivity contribution in [2.24, 2.45) is 0 Å². The molecule has 0 saturated carbocycles. The normalized spacial score (nSPS) is 14.6. The van der Waals surface area contributed by atoms with Crippen molar-refractivity contribution in [2.45, 2.75) is 71.1 Å². The molecule has 0 spiro atoms. The van der Waals surface area contributed by atoms with Crippen molar-refractivity contribution < 1.29 is 8.78 Å². The highest BCUT2D eigenvalue weighted by molar-refractivity contribution is 5.68. The van der Waals surface area contributed by atoms with Crippen molar-refractivity contribution in [3.63, 3.8) is 0 Å². The molecular formula is C21H28F2. The molecule has 0 saturated heterocycles. The molecule has 1 aliphatic rings. The summed E-state index contributed by atoms with van der Waals surface area (Å²) in [6, 6.07) is 3.77. The lowest BCUT2D eigenvalue weighted by Gasteiger charge is -2.15. The lowest BCUT2D eigenvalue weighted by atomic mass is 9.91. The maximum absolute atomic E-state index is 13.3. The van der Waals surface area contributed by atoms with Gasteiger partial charge in [0, 0.05) is 6.07 Å². The van der Waals surface area contributed by atoms with E-state index >= 15 is 0 Å². The van der Waals surface area contributed by atoms with E-state index in [-0.39, 0.29) is 0 Å². The Kier molecular flexibility index (Phi) is 7.51. The minimum atomic E-state index is -0.501. The molecule has 0 nitrogen and oxygen atoms in total. The zero-order valence-corrected chi connectivity index (χ0v) is 14.2. The summed E-state index contributed by atoms with van der Waals surface area (Å²) in [5.74, 6) is -1.00. The summed E-state index contributed by atoms with van der Waals surface area (Å²) in [7, 11) is 0. The van der Waals surface area contributed by atoms with Gasteiger partial charge < -0.3 is 0 Å². The molecule has 0 unspecified atom stereocenters.